The normalized spacial score (nSPS) is 10.5. The number of alkyl halides is 2. The maximum absolute atomic E-state index is 13.6. The standard InChI is InChI=1S/C25H20F3N5O3.CH4O/c1-14-11-17(12-19(31-14)22(27)28)20-21(15-4-6-18(26)7-5-15)32-25(29)33-24(20)36-10-9-35-23-16(13-34)3-2-8-30-23;1-2/h2-8,11-13,22H,9-10H2,1H3,(H2,29,32,33);2H,1H3. The van der Waals surface area contributed by atoms with Crippen molar-refractivity contribution in [3.05, 3.63) is 77.5 Å². The summed E-state index contributed by atoms with van der Waals surface area (Å²) in [6.07, 6.45) is -0.711. The third kappa shape index (κ3) is 6.79. The van der Waals surface area contributed by atoms with Crippen LogP contribution in [0.25, 0.3) is 22.4 Å². The highest BCUT2D eigenvalue weighted by Crippen LogP contribution is 2.39. The molecule has 0 spiro atoms. The number of aliphatic hydroxyl groups is 1. The van der Waals surface area contributed by atoms with E-state index in [0.717, 1.165) is 7.11 Å². The van der Waals surface area contributed by atoms with Crippen LogP contribution in [0.15, 0.2) is 54.7 Å². The molecule has 4 rings (SSSR count). The number of ether oxygens (including phenoxy) is 2. The number of benzene rings is 1. The van der Waals surface area contributed by atoms with E-state index in [4.69, 9.17) is 20.3 Å². The molecule has 38 heavy (non-hydrogen) atoms. The summed E-state index contributed by atoms with van der Waals surface area (Å²) >= 11 is 0. The van der Waals surface area contributed by atoms with Crippen molar-refractivity contribution >= 4 is 12.2 Å². The molecule has 0 aliphatic rings. The van der Waals surface area contributed by atoms with Gasteiger partial charge in [0.15, 0.2) is 6.29 Å². The largest absolute Gasteiger partial charge is 0.474 e. The van der Waals surface area contributed by atoms with Crippen LogP contribution in [0.2, 0.25) is 0 Å². The Kier molecular flexibility index (Phi) is 9.66. The highest BCUT2D eigenvalue weighted by molar-refractivity contribution is 5.85. The minimum Gasteiger partial charge on any atom is -0.474 e. The number of halogens is 3. The molecule has 0 saturated heterocycles. The van der Waals surface area contributed by atoms with E-state index in [1.165, 1.54) is 36.5 Å². The lowest BCUT2D eigenvalue weighted by molar-refractivity contribution is 0.111. The summed E-state index contributed by atoms with van der Waals surface area (Å²) in [4.78, 5) is 27.5. The number of rotatable bonds is 9. The number of hydrogen-bond acceptors (Lipinski definition) is 9. The molecule has 0 unspecified atom stereocenters. The molecule has 0 bridgehead atoms. The lowest BCUT2D eigenvalue weighted by atomic mass is 9.99. The third-order valence-electron chi connectivity index (χ3n) is 4.98. The first-order valence-electron chi connectivity index (χ1n) is 11.2. The fraction of sp³-hybridized carbons (Fsp3) is 0.192. The predicted molar refractivity (Wildman–Crippen MR) is 134 cm³/mol. The predicted octanol–water partition coefficient (Wildman–Crippen LogP) is 4.45. The molecule has 0 aliphatic heterocycles. The number of nitrogens with two attached hydrogens (primary N) is 1. The number of aliphatic hydroxyl groups excluding tert-OH is 1. The van der Waals surface area contributed by atoms with Gasteiger partial charge in [-0.3, -0.25) is 9.78 Å². The maximum Gasteiger partial charge on any atom is 0.280 e. The summed E-state index contributed by atoms with van der Waals surface area (Å²) in [5.41, 5.74) is 7.44. The zero-order valence-electron chi connectivity index (χ0n) is 20.4. The molecule has 4 aromatic rings. The minimum absolute atomic E-state index is 0.00729. The molecule has 3 heterocycles. The summed E-state index contributed by atoms with van der Waals surface area (Å²) in [6, 6.07) is 11.4. The second kappa shape index (κ2) is 13.1. The van der Waals surface area contributed by atoms with Crippen LogP contribution >= 0.6 is 0 Å². The van der Waals surface area contributed by atoms with E-state index in [1.54, 1.807) is 25.1 Å². The van der Waals surface area contributed by atoms with Crippen molar-refractivity contribution in [3.8, 4) is 34.1 Å². The fourth-order valence-electron chi connectivity index (χ4n) is 3.48. The number of nitrogens with zero attached hydrogens (tertiary/aromatic N) is 4. The van der Waals surface area contributed by atoms with Crippen LogP contribution in [0.5, 0.6) is 11.8 Å². The molecule has 3 N–H and O–H groups in total. The Morgan fingerprint density at radius 1 is 0.974 bits per heavy atom. The van der Waals surface area contributed by atoms with Gasteiger partial charge < -0.3 is 20.3 Å². The molecule has 0 radical (unpaired) electrons. The van der Waals surface area contributed by atoms with Gasteiger partial charge >= 0.3 is 0 Å². The van der Waals surface area contributed by atoms with Gasteiger partial charge in [-0.1, -0.05) is 0 Å². The first-order chi connectivity index (χ1) is 18.4. The Hall–Kier alpha value is -4.58. The van der Waals surface area contributed by atoms with Crippen molar-refractivity contribution in [2.75, 3.05) is 26.1 Å². The van der Waals surface area contributed by atoms with Gasteiger partial charge in [0.25, 0.3) is 6.43 Å². The number of pyridine rings is 2. The number of nitrogen functional groups attached to an aromatic ring is 1. The number of anilines is 1. The van der Waals surface area contributed by atoms with Crippen LogP contribution in [0.1, 0.15) is 28.2 Å². The molecule has 12 heteroatoms. The van der Waals surface area contributed by atoms with Gasteiger partial charge in [0, 0.05) is 24.6 Å². The van der Waals surface area contributed by atoms with Crippen molar-refractivity contribution in [2.24, 2.45) is 0 Å². The first-order valence-corrected chi connectivity index (χ1v) is 11.2. The van der Waals surface area contributed by atoms with E-state index in [2.05, 4.69) is 19.9 Å². The summed E-state index contributed by atoms with van der Waals surface area (Å²) in [7, 11) is 1.00. The van der Waals surface area contributed by atoms with E-state index in [9.17, 15) is 18.0 Å². The average molecular weight is 528 g/mol. The topological polar surface area (TPSA) is 133 Å². The molecular formula is C26H24F3N5O4. The minimum atomic E-state index is -2.81. The molecule has 0 amide bonds. The smallest absolute Gasteiger partial charge is 0.280 e. The van der Waals surface area contributed by atoms with Crippen LogP contribution in [0.3, 0.4) is 0 Å². The van der Waals surface area contributed by atoms with Crippen LogP contribution in [0, 0.1) is 12.7 Å². The van der Waals surface area contributed by atoms with Gasteiger partial charge in [-0.05, 0) is 61.0 Å². The molecule has 0 saturated carbocycles. The van der Waals surface area contributed by atoms with Gasteiger partial charge in [-0.25, -0.2) is 23.1 Å². The lowest BCUT2D eigenvalue weighted by Gasteiger charge is -2.17. The SMILES string of the molecule is CO.Cc1cc(-c2c(OCCOc3ncccc3C=O)nc(N)nc2-c2ccc(F)cc2)cc(C(F)F)n1. The summed E-state index contributed by atoms with van der Waals surface area (Å²) < 4.78 is 52.0. The third-order valence-corrected chi connectivity index (χ3v) is 4.98. The number of aromatic nitrogens is 4. The van der Waals surface area contributed by atoms with Crippen molar-refractivity contribution in [2.45, 2.75) is 13.3 Å². The number of aldehydes is 1. The second-order valence-corrected chi connectivity index (χ2v) is 7.55. The average Bonchev–Trinajstić information content (AvgIpc) is 2.92. The number of hydrogen-bond donors (Lipinski definition) is 2. The molecule has 0 fully saturated rings. The zero-order chi connectivity index (χ0) is 27.7. The summed E-state index contributed by atoms with van der Waals surface area (Å²) in [5, 5.41) is 7.00. The van der Waals surface area contributed by atoms with E-state index in [1.807, 2.05) is 0 Å². The van der Waals surface area contributed by atoms with Gasteiger partial charge in [0.05, 0.1) is 16.8 Å². The second-order valence-electron chi connectivity index (χ2n) is 7.55. The number of carbonyl (C=O) groups excluding carboxylic acids is 1. The Balaban J connectivity index is 0.00000195. The Morgan fingerprint density at radius 2 is 1.66 bits per heavy atom. The number of aryl methyl sites for hydroxylation is 1. The highest BCUT2D eigenvalue weighted by Gasteiger charge is 2.21. The van der Waals surface area contributed by atoms with Crippen LogP contribution in [0.4, 0.5) is 19.1 Å². The van der Waals surface area contributed by atoms with Gasteiger partial charge in [0.2, 0.25) is 17.7 Å². The Labute approximate surface area is 216 Å². The van der Waals surface area contributed by atoms with Crippen molar-refractivity contribution in [1.82, 2.24) is 19.9 Å². The first kappa shape index (κ1) is 28.0. The highest BCUT2D eigenvalue weighted by atomic mass is 19.3. The maximum atomic E-state index is 13.6. The molecular weight excluding hydrogens is 503 g/mol. The molecule has 198 valence electrons. The van der Waals surface area contributed by atoms with Crippen LogP contribution in [-0.2, 0) is 0 Å². The Bertz CT molecular complexity index is 1390. The number of carbonyl (C=O) groups is 1. The van der Waals surface area contributed by atoms with E-state index >= 15 is 0 Å². The summed E-state index contributed by atoms with van der Waals surface area (Å²) in [5.74, 6) is -0.452. The quantitative estimate of drug-likeness (QED) is 0.239. The molecule has 0 atom stereocenters. The fourth-order valence-corrected chi connectivity index (χ4v) is 3.48. The lowest BCUT2D eigenvalue weighted by Crippen LogP contribution is -2.13. The van der Waals surface area contributed by atoms with Gasteiger partial charge in [-0.2, -0.15) is 4.98 Å². The van der Waals surface area contributed by atoms with E-state index < -0.39 is 17.9 Å². The zero-order valence-corrected chi connectivity index (χ0v) is 20.4. The van der Waals surface area contributed by atoms with E-state index in [-0.39, 0.29) is 47.7 Å². The Morgan fingerprint density at radius 3 is 2.32 bits per heavy atom. The molecule has 3 aromatic heterocycles. The van der Waals surface area contributed by atoms with Crippen LogP contribution in [-0.4, -0.2) is 51.7 Å². The van der Waals surface area contributed by atoms with Crippen molar-refractivity contribution < 1.29 is 32.5 Å². The molecule has 0 aliphatic carbocycles. The van der Waals surface area contributed by atoms with Crippen molar-refractivity contribution in [3.63, 3.8) is 0 Å². The summed E-state index contributed by atoms with van der Waals surface area (Å²) in [6.45, 7) is 1.52. The monoisotopic (exact) mass is 527 g/mol. The van der Waals surface area contributed by atoms with Gasteiger partial charge in [-0.15, -0.1) is 0 Å². The van der Waals surface area contributed by atoms with Gasteiger partial charge in [0.1, 0.15) is 24.7 Å². The van der Waals surface area contributed by atoms with E-state index in [0.29, 0.717) is 23.1 Å². The molecule has 1 aromatic carbocycles. The van der Waals surface area contributed by atoms with Crippen molar-refractivity contribution in [1.29, 1.82) is 0 Å². The molecule has 9 nitrogen and oxygen atoms in total. The van der Waals surface area contributed by atoms with Crippen LogP contribution < -0.4 is 15.2 Å².